The van der Waals surface area contributed by atoms with Gasteiger partial charge in [-0.25, -0.2) is 0 Å². The molecule has 0 spiro atoms. The Labute approximate surface area is 120 Å². The van der Waals surface area contributed by atoms with Crippen molar-refractivity contribution >= 4 is 23.4 Å². The summed E-state index contributed by atoms with van der Waals surface area (Å²) in [6, 6.07) is 0. The third-order valence-electron chi connectivity index (χ3n) is 2.38. The molecule has 0 aliphatic rings. The quantitative estimate of drug-likeness (QED) is 0.370. The van der Waals surface area contributed by atoms with Gasteiger partial charge in [0.05, 0.1) is 26.1 Å². The van der Waals surface area contributed by atoms with Gasteiger partial charge in [-0.1, -0.05) is 0 Å². The zero-order chi connectivity index (χ0) is 15.4. The average molecular weight is 284 g/mol. The second-order valence-corrected chi connectivity index (χ2v) is 4.28. The van der Waals surface area contributed by atoms with Crippen molar-refractivity contribution in [1.29, 1.82) is 0 Å². The molecule has 0 saturated carbocycles. The minimum absolute atomic E-state index is 0.231. The molecule has 6 nitrogen and oxygen atoms in total. The highest BCUT2D eigenvalue weighted by molar-refractivity contribution is 5.88. The molecule has 0 atom stereocenters. The van der Waals surface area contributed by atoms with Crippen molar-refractivity contribution in [2.24, 2.45) is 10.2 Å². The van der Waals surface area contributed by atoms with Gasteiger partial charge in [0.25, 0.3) is 0 Å². The fourth-order valence-electron chi connectivity index (χ4n) is 1.30. The summed E-state index contributed by atoms with van der Waals surface area (Å²) in [6.07, 6.45) is 1.65. The fraction of sp³-hybridized carbons (Fsp3) is 0.714. The third kappa shape index (κ3) is 10.2. The molecule has 0 aromatic heterocycles. The van der Waals surface area contributed by atoms with Crippen LogP contribution in [0.25, 0.3) is 0 Å². The topological polar surface area (TPSA) is 77.3 Å². The molecule has 0 aromatic carbocycles. The van der Waals surface area contributed by atoms with Gasteiger partial charge in [0.1, 0.15) is 0 Å². The van der Waals surface area contributed by atoms with Crippen LogP contribution >= 0.6 is 0 Å². The minimum Gasteiger partial charge on any atom is -0.466 e. The number of esters is 2. The van der Waals surface area contributed by atoms with Crippen LogP contribution in [0.5, 0.6) is 0 Å². The van der Waals surface area contributed by atoms with Gasteiger partial charge in [-0.15, -0.1) is 0 Å². The molecule has 0 N–H and O–H groups in total. The van der Waals surface area contributed by atoms with Crippen molar-refractivity contribution in [3.8, 4) is 0 Å². The predicted molar refractivity (Wildman–Crippen MR) is 78.0 cm³/mol. The first-order valence-electron chi connectivity index (χ1n) is 6.87. The van der Waals surface area contributed by atoms with Crippen LogP contribution in [0.1, 0.15) is 53.4 Å². The van der Waals surface area contributed by atoms with Crippen LogP contribution in [0.4, 0.5) is 0 Å². The van der Waals surface area contributed by atoms with Crippen LogP contribution in [0.15, 0.2) is 10.2 Å². The lowest BCUT2D eigenvalue weighted by Gasteiger charge is -2.01. The van der Waals surface area contributed by atoms with E-state index in [1.54, 1.807) is 27.7 Å². The molecule has 114 valence electrons. The number of hydrogen-bond acceptors (Lipinski definition) is 6. The lowest BCUT2D eigenvalue weighted by molar-refractivity contribution is -0.143. The molecule has 0 heterocycles. The molecular weight excluding hydrogens is 260 g/mol. The first kappa shape index (κ1) is 18.3. The third-order valence-corrected chi connectivity index (χ3v) is 2.38. The number of carbonyl (C=O) groups is 2. The molecule has 0 aromatic rings. The van der Waals surface area contributed by atoms with E-state index in [-0.39, 0.29) is 11.9 Å². The Morgan fingerprint density at radius 1 is 0.750 bits per heavy atom. The Hall–Kier alpha value is -1.72. The monoisotopic (exact) mass is 284 g/mol. The van der Waals surface area contributed by atoms with E-state index < -0.39 is 0 Å². The van der Waals surface area contributed by atoms with Crippen LogP contribution in [0.3, 0.4) is 0 Å². The van der Waals surface area contributed by atoms with Gasteiger partial charge < -0.3 is 9.47 Å². The lowest BCUT2D eigenvalue weighted by atomic mass is 10.2. The standard InChI is InChI=1S/C14H24N2O4/c1-5-19-13(17)9-7-11(3)15-16-12(4)8-10-14(18)20-6-2/h5-10H2,1-4H3. The largest absolute Gasteiger partial charge is 0.466 e. The van der Waals surface area contributed by atoms with E-state index in [9.17, 15) is 9.59 Å². The average Bonchev–Trinajstić information content (AvgIpc) is 2.41. The highest BCUT2D eigenvalue weighted by atomic mass is 16.5. The van der Waals surface area contributed by atoms with Crippen molar-refractivity contribution in [2.45, 2.75) is 53.4 Å². The number of carbonyl (C=O) groups excluding carboxylic acids is 2. The second kappa shape index (κ2) is 11.1. The van der Waals surface area contributed by atoms with Gasteiger partial charge in [-0.2, -0.15) is 10.2 Å². The Balaban J connectivity index is 4.06. The number of hydrogen-bond donors (Lipinski definition) is 0. The van der Waals surface area contributed by atoms with Crippen molar-refractivity contribution in [2.75, 3.05) is 13.2 Å². The predicted octanol–water partition coefficient (Wildman–Crippen LogP) is 2.51. The van der Waals surface area contributed by atoms with Crippen LogP contribution in [0.2, 0.25) is 0 Å². The summed E-state index contributed by atoms with van der Waals surface area (Å²) < 4.78 is 9.65. The first-order chi connectivity index (χ1) is 9.49. The van der Waals surface area contributed by atoms with E-state index in [1.807, 2.05) is 0 Å². The zero-order valence-electron chi connectivity index (χ0n) is 12.8. The Bertz CT molecular complexity index is 339. The molecule has 0 amide bonds. The maximum absolute atomic E-state index is 11.2. The summed E-state index contributed by atoms with van der Waals surface area (Å²) in [5, 5.41) is 8.05. The molecule has 0 bridgehead atoms. The molecule has 0 aliphatic heterocycles. The minimum atomic E-state index is -0.231. The fourth-order valence-corrected chi connectivity index (χ4v) is 1.30. The van der Waals surface area contributed by atoms with Crippen molar-refractivity contribution in [1.82, 2.24) is 0 Å². The summed E-state index contributed by atoms with van der Waals surface area (Å²) in [4.78, 5) is 22.3. The van der Waals surface area contributed by atoms with E-state index in [1.165, 1.54) is 0 Å². The molecule has 0 aliphatic carbocycles. The molecule has 20 heavy (non-hydrogen) atoms. The van der Waals surface area contributed by atoms with Crippen LogP contribution < -0.4 is 0 Å². The Morgan fingerprint density at radius 3 is 1.40 bits per heavy atom. The molecule has 0 saturated heterocycles. The molecule has 6 heteroatoms. The summed E-state index contributed by atoms with van der Waals surface area (Å²) in [5.41, 5.74) is 1.52. The number of rotatable bonds is 9. The van der Waals surface area contributed by atoms with E-state index in [4.69, 9.17) is 9.47 Å². The van der Waals surface area contributed by atoms with E-state index in [0.29, 0.717) is 38.9 Å². The Kier molecular flexibility index (Phi) is 10.2. The van der Waals surface area contributed by atoms with Crippen molar-refractivity contribution in [3.05, 3.63) is 0 Å². The zero-order valence-corrected chi connectivity index (χ0v) is 12.8. The summed E-state index contributed by atoms with van der Waals surface area (Å²) in [5.74, 6) is -0.463. The maximum Gasteiger partial charge on any atom is 0.306 e. The van der Waals surface area contributed by atoms with E-state index >= 15 is 0 Å². The van der Waals surface area contributed by atoms with Crippen LogP contribution in [0, 0.1) is 0 Å². The first-order valence-corrected chi connectivity index (χ1v) is 6.87. The van der Waals surface area contributed by atoms with Gasteiger partial charge in [0.2, 0.25) is 0 Å². The van der Waals surface area contributed by atoms with Crippen LogP contribution in [-0.4, -0.2) is 36.6 Å². The SMILES string of the molecule is CCOC(=O)CCC(C)=NN=C(C)CCC(=O)OCC. The summed E-state index contributed by atoms with van der Waals surface area (Å²) >= 11 is 0. The van der Waals surface area contributed by atoms with Gasteiger partial charge in [-0.3, -0.25) is 9.59 Å². The number of ether oxygens (including phenoxy) is 2. The molecule has 0 fully saturated rings. The smallest absolute Gasteiger partial charge is 0.306 e. The lowest BCUT2D eigenvalue weighted by Crippen LogP contribution is -2.06. The van der Waals surface area contributed by atoms with E-state index in [0.717, 1.165) is 11.4 Å². The highest BCUT2D eigenvalue weighted by Crippen LogP contribution is 1.99. The van der Waals surface area contributed by atoms with Gasteiger partial charge >= 0.3 is 11.9 Å². The summed E-state index contributed by atoms with van der Waals surface area (Å²) in [7, 11) is 0. The maximum atomic E-state index is 11.2. The molecule has 0 radical (unpaired) electrons. The van der Waals surface area contributed by atoms with Crippen molar-refractivity contribution in [3.63, 3.8) is 0 Å². The molecule has 0 unspecified atom stereocenters. The van der Waals surface area contributed by atoms with E-state index in [2.05, 4.69) is 10.2 Å². The molecular formula is C14H24N2O4. The second-order valence-electron chi connectivity index (χ2n) is 4.28. The van der Waals surface area contributed by atoms with Gasteiger partial charge in [-0.05, 0) is 40.5 Å². The van der Waals surface area contributed by atoms with Gasteiger partial charge in [0.15, 0.2) is 0 Å². The van der Waals surface area contributed by atoms with Crippen LogP contribution in [-0.2, 0) is 19.1 Å². The van der Waals surface area contributed by atoms with Gasteiger partial charge in [0, 0.05) is 11.4 Å². The Morgan fingerprint density at radius 2 is 1.10 bits per heavy atom. The highest BCUT2D eigenvalue weighted by Gasteiger charge is 2.04. The normalized spacial score (nSPS) is 12.2. The summed E-state index contributed by atoms with van der Waals surface area (Å²) in [6.45, 7) is 7.94. The number of nitrogens with zero attached hydrogens (tertiary/aromatic N) is 2. The molecule has 0 rings (SSSR count). The van der Waals surface area contributed by atoms with Crippen molar-refractivity contribution < 1.29 is 19.1 Å².